The van der Waals surface area contributed by atoms with Crippen molar-refractivity contribution < 1.29 is 22.7 Å². The van der Waals surface area contributed by atoms with E-state index >= 15 is 0 Å². The maximum absolute atomic E-state index is 13.5. The van der Waals surface area contributed by atoms with Crippen molar-refractivity contribution >= 4 is 27.3 Å². The first-order chi connectivity index (χ1) is 16.9. The first kappa shape index (κ1) is 24.4. The van der Waals surface area contributed by atoms with Crippen LogP contribution in [0.15, 0.2) is 83.8 Å². The lowest BCUT2D eigenvalue weighted by Crippen LogP contribution is -2.52. The highest BCUT2D eigenvalue weighted by molar-refractivity contribution is 7.92. The highest BCUT2D eigenvalue weighted by Crippen LogP contribution is 2.29. The van der Waals surface area contributed by atoms with Crippen molar-refractivity contribution in [1.29, 1.82) is 0 Å². The summed E-state index contributed by atoms with van der Waals surface area (Å²) in [6, 6.07) is 22.6. The van der Waals surface area contributed by atoms with E-state index in [2.05, 4.69) is 4.90 Å². The van der Waals surface area contributed by atoms with Gasteiger partial charge in [-0.15, -0.1) is 0 Å². The molecule has 0 N–H and O–H groups in total. The Kier molecular flexibility index (Phi) is 7.45. The summed E-state index contributed by atoms with van der Waals surface area (Å²) in [4.78, 5) is 17.3. The molecular formula is C26H29N3O5S. The molecule has 8 nitrogen and oxygen atoms in total. The monoisotopic (exact) mass is 495 g/mol. The third kappa shape index (κ3) is 5.35. The lowest BCUT2D eigenvalue weighted by Gasteiger charge is -2.37. The number of carbonyl (C=O) groups excluding carboxylic acids is 1. The zero-order valence-electron chi connectivity index (χ0n) is 19.8. The lowest BCUT2D eigenvalue weighted by molar-refractivity contribution is -0.129. The number of nitrogens with zero attached hydrogens (tertiary/aromatic N) is 3. The summed E-state index contributed by atoms with van der Waals surface area (Å²) in [6.07, 6.45) is 0. The number of carbonyl (C=O) groups is 1. The molecule has 1 aliphatic rings. The molecule has 1 amide bonds. The van der Waals surface area contributed by atoms with Gasteiger partial charge < -0.3 is 19.3 Å². The molecule has 0 aliphatic carbocycles. The molecule has 0 radical (unpaired) electrons. The average Bonchev–Trinajstić information content (AvgIpc) is 2.92. The van der Waals surface area contributed by atoms with Crippen molar-refractivity contribution in [2.45, 2.75) is 4.90 Å². The average molecular weight is 496 g/mol. The van der Waals surface area contributed by atoms with Crippen molar-refractivity contribution in [3.8, 4) is 11.5 Å². The zero-order chi connectivity index (χ0) is 24.8. The maximum atomic E-state index is 13.5. The Hall–Kier alpha value is -3.72. The van der Waals surface area contributed by atoms with E-state index in [4.69, 9.17) is 9.47 Å². The summed E-state index contributed by atoms with van der Waals surface area (Å²) in [5.41, 5.74) is 1.38. The van der Waals surface area contributed by atoms with Crippen molar-refractivity contribution in [3.63, 3.8) is 0 Å². The first-order valence-electron chi connectivity index (χ1n) is 11.3. The summed E-state index contributed by atoms with van der Waals surface area (Å²) < 4.78 is 38.9. The Morgan fingerprint density at radius 2 is 1.46 bits per heavy atom. The number of hydrogen-bond acceptors (Lipinski definition) is 6. The van der Waals surface area contributed by atoms with Gasteiger partial charge in [-0.3, -0.25) is 9.10 Å². The van der Waals surface area contributed by atoms with Crippen LogP contribution in [0.3, 0.4) is 0 Å². The fourth-order valence-electron chi connectivity index (χ4n) is 4.09. The molecule has 1 heterocycles. The summed E-state index contributed by atoms with van der Waals surface area (Å²) in [5, 5.41) is 0. The Bertz CT molecular complexity index is 1240. The van der Waals surface area contributed by atoms with Crippen LogP contribution in [0, 0.1) is 0 Å². The zero-order valence-corrected chi connectivity index (χ0v) is 20.6. The standard InChI is InChI=1S/C26H29N3O5S/c1-33-22-14-12-21(13-15-22)29(35(31,32)23-8-4-3-5-9-23)20-26(30)28-18-16-27(17-19-28)24-10-6-7-11-25(24)34-2/h3-15H,16-20H2,1-2H3. The molecule has 0 bridgehead atoms. The van der Waals surface area contributed by atoms with Crippen LogP contribution in [-0.2, 0) is 14.8 Å². The topological polar surface area (TPSA) is 79.4 Å². The van der Waals surface area contributed by atoms with Crippen LogP contribution in [0.4, 0.5) is 11.4 Å². The number of ether oxygens (including phenoxy) is 2. The number of methoxy groups -OCH3 is 2. The number of benzene rings is 3. The van der Waals surface area contributed by atoms with E-state index < -0.39 is 10.0 Å². The fourth-order valence-corrected chi connectivity index (χ4v) is 5.53. The third-order valence-corrected chi connectivity index (χ3v) is 7.82. The molecule has 1 saturated heterocycles. The van der Waals surface area contributed by atoms with Gasteiger partial charge in [0.15, 0.2) is 0 Å². The number of hydrogen-bond donors (Lipinski definition) is 0. The molecular weight excluding hydrogens is 466 g/mol. The normalized spacial score (nSPS) is 13.9. The number of anilines is 2. The molecule has 3 aromatic carbocycles. The van der Waals surface area contributed by atoms with Crippen LogP contribution in [0.2, 0.25) is 0 Å². The van der Waals surface area contributed by atoms with E-state index in [0.717, 1.165) is 15.7 Å². The molecule has 4 rings (SSSR count). The third-order valence-electron chi connectivity index (χ3n) is 6.03. The Morgan fingerprint density at radius 1 is 0.829 bits per heavy atom. The number of amides is 1. The smallest absolute Gasteiger partial charge is 0.264 e. The van der Waals surface area contributed by atoms with Gasteiger partial charge in [0.25, 0.3) is 10.0 Å². The van der Waals surface area contributed by atoms with Gasteiger partial charge in [0.2, 0.25) is 5.91 Å². The van der Waals surface area contributed by atoms with Crippen molar-refractivity contribution in [1.82, 2.24) is 4.90 Å². The first-order valence-corrected chi connectivity index (χ1v) is 12.8. The summed E-state index contributed by atoms with van der Waals surface area (Å²) in [5.74, 6) is 1.14. The van der Waals surface area contributed by atoms with E-state index in [9.17, 15) is 13.2 Å². The summed E-state index contributed by atoms with van der Waals surface area (Å²) in [6.45, 7) is 1.93. The van der Waals surface area contributed by atoms with Crippen molar-refractivity contribution in [2.24, 2.45) is 0 Å². The molecule has 9 heteroatoms. The molecule has 0 spiro atoms. The minimum Gasteiger partial charge on any atom is -0.497 e. The van der Waals surface area contributed by atoms with Gasteiger partial charge in [0, 0.05) is 26.2 Å². The molecule has 3 aromatic rings. The Morgan fingerprint density at radius 3 is 2.09 bits per heavy atom. The molecule has 0 atom stereocenters. The highest BCUT2D eigenvalue weighted by atomic mass is 32.2. The molecule has 1 aliphatic heterocycles. The van der Waals surface area contributed by atoms with Crippen LogP contribution in [0.5, 0.6) is 11.5 Å². The largest absolute Gasteiger partial charge is 0.497 e. The minimum atomic E-state index is -3.95. The van der Waals surface area contributed by atoms with Gasteiger partial charge >= 0.3 is 0 Å². The molecule has 35 heavy (non-hydrogen) atoms. The highest BCUT2D eigenvalue weighted by Gasteiger charge is 2.30. The fraction of sp³-hybridized carbons (Fsp3) is 0.269. The number of sulfonamides is 1. The van der Waals surface area contributed by atoms with Crippen LogP contribution < -0.4 is 18.7 Å². The molecule has 184 valence electrons. The predicted octanol–water partition coefficient (Wildman–Crippen LogP) is 3.25. The lowest BCUT2D eigenvalue weighted by atomic mass is 10.2. The van der Waals surface area contributed by atoms with Crippen LogP contribution >= 0.6 is 0 Å². The second-order valence-electron chi connectivity index (χ2n) is 8.06. The van der Waals surface area contributed by atoms with Gasteiger partial charge in [-0.1, -0.05) is 30.3 Å². The van der Waals surface area contributed by atoms with Crippen LogP contribution in [0.25, 0.3) is 0 Å². The Balaban J connectivity index is 1.53. The minimum absolute atomic E-state index is 0.129. The maximum Gasteiger partial charge on any atom is 0.264 e. The van der Waals surface area contributed by atoms with Gasteiger partial charge in [0.1, 0.15) is 18.0 Å². The predicted molar refractivity (Wildman–Crippen MR) is 136 cm³/mol. The van der Waals surface area contributed by atoms with Gasteiger partial charge in [-0.25, -0.2) is 8.42 Å². The number of piperazine rings is 1. The SMILES string of the molecule is COc1ccc(N(CC(=O)N2CCN(c3ccccc3OC)CC2)S(=O)(=O)c2ccccc2)cc1. The quantitative estimate of drug-likeness (QED) is 0.477. The second kappa shape index (κ2) is 10.7. The second-order valence-corrected chi connectivity index (χ2v) is 9.92. The van der Waals surface area contributed by atoms with Gasteiger partial charge in [-0.2, -0.15) is 0 Å². The van der Waals surface area contributed by atoms with Gasteiger partial charge in [-0.05, 0) is 48.5 Å². The summed E-state index contributed by atoms with van der Waals surface area (Å²) in [7, 11) is -0.770. The van der Waals surface area contributed by atoms with E-state index in [1.165, 1.54) is 12.1 Å². The number of para-hydroxylation sites is 2. The molecule has 0 unspecified atom stereocenters. The van der Waals surface area contributed by atoms with E-state index in [1.54, 1.807) is 61.6 Å². The van der Waals surface area contributed by atoms with E-state index in [1.807, 2.05) is 24.3 Å². The van der Waals surface area contributed by atoms with Crippen LogP contribution in [-0.4, -0.2) is 66.2 Å². The van der Waals surface area contributed by atoms with Crippen LogP contribution in [0.1, 0.15) is 0 Å². The van der Waals surface area contributed by atoms with Crippen molar-refractivity contribution in [3.05, 3.63) is 78.9 Å². The van der Waals surface area contributed by atoms with E-state index in [0.29, 0.717) is 37.6 Å². The molecule has 0 aromatic heterocycles. The van der Waals surface area contributed by atoms with Gasteiger partial charge in [0.05, 0.1) is 30.5 Å². The molecule has 1 fully saturated rings. The van der Waals surface area contributed by atoms with Crippen molar-refractivity contribution in [2.75, 3.05) is 56.1 Å². The summed E-state index contributed by atoms with van der Waals surface area (Å²) >= 11 is 0. The molecule has 0 saturated carbocycles. The van der Waals surface area contributed by atoms with E-state index in [-0.39, 0.29) is 17.3 Å². The number of rotatable bonds is 8. The Labute approximate surface area is 206 Å².